The summed E-state index contributed by atoms with van der Waals surface area (Å²) in [5.41, 5.74) is 0.416. The minimum atomic E-state index is -0.00926. The Balaban J connectivity index is 2.44. The second-order valence-electron chi connectivity index (χ2n) is 3.56. The average Bonchev–Trinajstić information content (AvgIpc) is 1.82. The van der Waals surface area contributed by atoms with Crippen LogP contribution in [-0.4, -0.2) is 11.2 Å². The molecule has 1 nitrogen and oxygen atoms in total. The Morgan fingerprint density at radius 3 is 2.25 bits per heavy atom. The van der Waals surface area contributed by atoms with Crippen molar-refractivity contribution in [1.82, 2.24) is 0 Å². The summed E-state index contributed by atoms with van der Waals surface area (Å²) in [5.74, 6) is 0. The second-order valence-corrected chi connectivity index (χ2v) is 3.56. The van der Waals surface area contributed by atoms with Crippen molar-refractivity contribution < 1.29 is 5.11 Å². The molecule has 0 unspecified atom stereocenters. The first kappa shape index (κ1) is 6.09. The molecular weight excluding hydrogens is 100 g/mol. The molecule has 0 aromatic heterocycles. The van der Waals surface area contributed by atoms with Crippen molar-refractivity contribution in [3.05, 3.63) is 0 Å². The Bertz CT molecular complexity index is 86.4. The maximum Gasteiger partial charge on any atom is 0.0545 e. The van der Waals surface area contributed by atoms with Crippen LogP contribution < -0.4 is 0 Å². The Kier molecular flexibility index (Phi) is 1.31. The Morgan fingerprint density at radius 1 is 1.50 bits per heavy atom. The van der Waals surface area contributed by atoms with E-state index in [1.165, 1.54) is 6.42 Å². The van der Waals surface area contributed by atoms with Crippen LogP contribution in [0.25, 0.3) is 0 Å². The highest BCUT2D eigenvalue weighted by Gasteiger charge is 2.28. The molecule has 1 atom stereocenters. The first-order chi connectivity index (χ1) is 3.60. The van der Waals surface area contributed by atoms with Gasteiger partial charge in [-0.05, 0) is 24.7 Å². The molecule has 0 amide bonds. The lowest BCUT2D eigenvalue weighted by atomic mass is 9.92. The number of hydrogen-bond acceptors (Lipinski definition) is 1. The van der Waals surface area contributed by atoms with Gasteiger partial charge in [-0.2, -0.15) is 0 Å². The maximum absolute atomic E-state index is 9.06. The van der Waals surface area contributed by atoms with Gasteiger partial charge in [0.25, 0.3) is 0 Å². The molecule has 0 heterocycles. The number of aliphatic hydroxyl groups is 1. The van der Waals surface area contributed by atoms with Crippen LogP contribution in [0.3, 0.4) is 0 Å². The van der Waals surface area contributed by atoms with Gasteiger partial charge in [0.1, 0.15) is 0 Å². The average molecular weight is 114 g/mol. The molecule has 1 fully saturated rings. The van der Waals surface area contributed by atoms with Crippen molar-refractivity contribution in [2.45, 2.75) is 39.2 Å². The van der Waals surface area contributed by atoms with E-state index in [2.05, 4.69) is 13.8 Å². The molecule has 0 aliphatic heterocycles. The van der Waals surface area contributed by atoms with Crippen LogP contribution in [0.1, 0.15) is 33.1 Å². The van der Waals surface area contributed by atoms with Crippen molar-refractivity contribution in [2.75, 3.05) is 0 Å². The van der Waals surface area contributed by atoms with Crippen molar-refractivity contribution in [1.29, 1.82) is 0 Å². The summed E-state index contributed by atoms with van der Waals surface area (Å²) < 4.78 is 0. The molecule has 1 aliphatic rings. The Labute approximate surface area is 50.7 Å². The smallest absolute Gasteiger partial charge is 0.0545 e. The summed E-state index contributed by atoms with van der Waals surface area (Å²) in [5, 5.41) is 9.06. The van der Waals surface area contributed by atoms with E-state index in [-0.39, 0.29) is 6.10 Å². The quantitative estimate of drug-likeness (QED) is 0.506. The summed E-state index contributed by atoms with van der Waals surface area (Å²) >= 11 is 0. The normalized spacial score (nSPS) is 35.6. The molecule has 0 aromatic carbocycles. The molecule has 1 saturated carbocycles. The van der Waals surface area contributed by atoms with E-state index in [1.54, 1.807) is 0 Å². The molecule has 0 spiro atoms. The van der Waals surface area contributed by atoms with Gasteiger partial charge in [-0.3, -0.25) is 0 Å². The number of hydrogen-bond donors (Lipinski definition) is 1. The summed E-state index contributed by atoms with van der Waals surface area (Å²) in [6.45, 7) is 4.42. The standard InChI is InChI=1S/C7H14O/c1-7(2)4-3-6(8)5-7/h6,8H,3-5H2,1-2H3/t6-/m1/s1. The second kappa shape index (κ2) is 1.73. The number of aliphatic hydroxyl groups excluding tert-OH is 1. The van der Waals surface area contributed by atoms with E-state index in [4.69, 9.17) is 5.11 Å². The molecule has 1 N–H and O–H groups in total. The minimum absolute atomic E-state index is 0.00926. The third-order valence-electron chi connectivity index (χ3n) is 1.94. The lowest BCUT2D eigenvalue weighted by Crippen LogP contribution is -2.06. The van der Waals surface area contributed by atoms with Crippen LogP contribution >= 0.6 is 0 Å². The third-order valence-corrected chi connectivity index (χ3v) is 1.94. The van der Waals surface area contributed by atoms with Crippen molar-refractivity contribution in [3.63, 3.8) is 0 Å². The van der Waals surface area contributed by atoms with Crippen LogP contribution in [0.5, 0.6) is 0 Å². The van der Waals surface area contributed by atoms with Gasteiger partial charge in [0.05, 0.1) is 6.10 Å². The zero-order valence-corrected chi connectivity index (χ0v) is 5.65. The van der Waals surface area contributed by atoms with E-state index in [0.29, 0.717) is 5.41 Å². The van der Waals surface area contributed by atoms with E-state index in [9.17, 15) is 0 Å². The molecule has 0 aromatic rings. The molecule has 1 aliphatic carbocycles. The summed E-state index contributed by atoms with van der Waals surface area (Å²) in [6, 6.07) is 0. The van der Waals surface area contributed by atoms with Crippen molar-refractivity contribution in [3.8, 4) is 0 Å². The molecule has 1 rings (SSSR count). The fourth-order valence-corrected chi connectivity index (χ4v) is 1.40. The summed E-state index contributed by atoms with van der Waals surface area (Å²) in [7, 11) is 0. The Morgan fingerprint density at radius 2 is 2.12 bits per heavy atom. The van der Waals surface area contributed by atoms with Crippen LogP contribution in [0.15, 0.2) is 0 Å². The lowest BCUT2D eigenvalue weighted by Gasteiger charge is -2.14. The highest BCUT2D eigenvalue weighted by Crippen LogP contribution is 2.36. The molecule has 8 heavy (non-hydrogen) atoms. The molecular formula is C7H14O. The van der Waals surface area contributed by atoms with Gasteiger partial charge in [0.15, 0.2) is 0 Å². The summed E-state index contributed by atoms with van der Waals surface area (Å²) in [6.07, 6.45) is 3.18. The van der Waals surface area contributed by atoms with E-state index < -0.39 is 0 Å². The van der Waals surface area contributed by atoms with Crippen LogP contribution in [0.4, 0.5) is 0 Å². The van der Waals surface area contributed by atoms with E-state index in [0.717, 1.165) is 12.8 Å². The Hall–Kier alpha value is -0.0400. The fraction of sp³-hybridized carbons (Fsp3) is 1.00. The topological polar surface area (TPSA) is 20.2 Å². The first-order valence-electron chi connectivity index (χ1n) is 3.28. The largest absolute Gasteiger partial charge is 0.393 e. The van der Waals surface area contributed by atoms with Crippen LogP contribution in [-0.2, 0) is 0 Å². The SMILES string of the molecule is CC1(C)CC[C@@H](O)C1. The monoisotopic (exact) mass is 114 g/mol. The lowest BCUT2D eigenvalue weighted by molar-refractivity contribution is 0.168. The predicted molar refractivity (Wildman–Crippen MR) is 33.6 cm³/mol. The van der Waals surface area contributed by atoms with Gasteiger partial charge in [0, 0.05) is 0 Å². The zero-order valence-electron chi connectivity index (χ0n) is 5.65. The molecule has 0 radical (unpaired) electrons. The molecule has 0 saturated heterocycles. The zero-order chi connectivity index (χ0) is 6.20. The maximum atomic E-state index is 9.06. The third kappa shape index (κ3) is 1.22. The molecule has 1 heteroatoms. The van der Waals surface area contributed by atoms with Gasteiger partial charge in [0.2, 0.25) is 0 Å². The van der Waals surface area contributed by atoms with Gasteiger partial charge in [-0.25, -0.2) is 0 Å². The first-order valence-corrected chi connectivity index (χ1v) is 3.28. The molecule has 0 bridgehead atoms. The molecule has 48 valence electrons. The van der Waals surface area contributed by atoms with Gasteiger partial charge in [-0.15, -0.1) is 0 Å². The highest BCUT2D eigenvalue weighted by molar-refractivity contribution is 4.81. The van der Waals surface area contributed by atoms with Crippen LogP contribution in [0.2, 0.25) is 0 Å². The van der Waals surface area contributed by atoms with Gasteiger partial charge < -0.3 is 5.11 Å². The number of rotatable bonds is 0. The highest BCUT2D eigenvalue weighted by atomic mass is 16.3. The minimum Gasteiger partial charge on any atom is -0.393 e. The van der Waals surface area contributed by atoms with Gasteiger partial charge >= 0.3 is 0 Å². The summed E-state index contributed by atoms with van der Waals surface area (Å²) in [4.78, 5) is 0. The van der Waals surface area contributed by atoms with Gasteiger partial charge in [-0.1, -0.05) is 13.8 Å². The predicted octanol–water partition coefficient (Wildman–Crippen LogP) is 1.56. The van der Waals surface area contributed by atoms with Crippen molar-refractivity contribution >= 4 is 0 Å². The van der Waals surface area contributed by atoms with E-state index in [1.807, 2.05) is 0 Å². The fourth-order valence-electron chi connectivity index (χ4n) is 1.40. The van der Waals surface area contributed by atoms with Crippen molar-refractivity contribution in [2.24, 2.45) is 5.41 Å². The van der Waals surface area contributed by atoms with Crippen LogP contribution in [0, 0.1) is 5.41 Å². The van der Waals surface area contributed by atoms with E-state index >= 15 is 0 Å².